The van der Waals surface area contributed by atoms with Crippen molar-refractivity contribution in [3.63, 3.8) is 0 Å². The molecule has 0 radical (unpaired) electrons. The van der Waals surface area contributed by atoms with E-state index in [0.29, 0.717) is 11.4 Å². The van der Waals surface area contributed by atoms with E-state index in [9.17, 15) is 47.2 Å². The van der Waals surface area contributed by atoms with Crippen molar-refractivity contribution in [2.45, 2.75) is 23.6 Å². The number of rotatable bonds is 10. The van der Waals surface area contributed by atoms with Crippen LogP contribution in [0.15, 0.2) is 155 Å². The number of aliphatic hydroxyl groups excluding tert-OH is 1. The van der Waals surface area contributed by atoms with Gasteiger partial charge in [-0.2, -0.15) is 15.3 Å². The van der Waals surface area contributed by atoms with Gasteiger partial charge in [-0.3, -0.25) is 9.79 Å². The molecule has 4 rings (SSSR count). The van der Waals surface area contributed by atoms with Crippen molar-refractivity contribution in [1.82, 2.24) is 0 Å². The van der Waals surface area contributed by atoms with Gasteiger partial charge in [0.15, 0.2) is 5.70 Å². The second kappa shape index (κ2) is 21.1. The number of nitrogens with one attached hydrogen (secondary N) is 1. The topological polar surface area (TPSA) is 324 Å². The van der Waals surface area contributed by atoms with E-state index in [-0.39, 0.29) is 67.5 Å². The van der Waals surface area contributed by atoms with Crippen molar-refractivity contribution < 1.29 is 93.5 Å². The summed E-state index contributed by atoms with van der Waals surface area (Å²) in [6.45, 7) is 2.34. The fourth-order valence-electron chi connectivity index (χ4n) is 3.65. The van der Waals surface area contributed by atoms with Gasteiger partial charge in [-0.05, 0) is 67.6 Å². The quantitative estimate of drug-likeness (QED) is 0.0381. The zero-order valence-corrected chi connectivity index (χ0v) is 33.1. The Bertz CT molecular complexity index is 2320. The molecule has 0 aromatic heterocycles. The van der Waals surface area contributed by atoms with Crippen LogP contribution in [0.25, 0.3) is 0 Å². The van der Waals surface area contributed by atoms with Crippen molar-refractivity contribution in [1.29, 1.82) is 0 Å². The second-order valence-corrected chi connectivity index (χ2v) is 13.3. The molecule has 278 valence electrons. The molecular weight excluding hydrogens is 802 g/mol. The van der Waals surface area contributed by atoms with Gasteiger partial charge in [-0.15, -0.1) is 10.9 Å². The van der Waals surface area contributed by atoms with Crippen LogP contribution in [0.2, 0.25) is 0 Å². The molecule has 0 aliphatic carbocycles. The van der Waals surface area contributed by atoms with Crippen molar-refractivity contribution >= 4 is 54.6 Å². The second-order valence-electron chi connectivity index (χ2n) is 10.2. The summed E-state index contributed by atoms with van der Waals surface area (Å²) in [5.74, 6) is -4.27. The van der Waals surface area contributed by atoms with E-state index in [2.05, 4.69) is 30.8 Å². The fraction of sp³-hybridized carbons (Fsp3) is 0.0625. The molecule has 6 N–H and O–H groups in total. The summed E-state index contributed by atoms with van der Waals surface area (Å²) in [6, 6.07) is 22.6. The fourth-order valence-corrected chi connectivity index (χ4v) is 4.70. The molecule has 18 nitrogen and oxygen atoms in total. The number of nitrogens with zero attached hydrogens (tertiary/aromatic N) is 5. The SMILES string of the molecule is CC(O)=C(N=Nc1ccc(S(N)(=O)=O)cc1[O-])C(=O)Nc1ccccc1.CC([O-])=C(N=Nc1ccc(S(N)(=O)=O)cc1[O-])C([O-])=Nc1ccccc1.[Co+3].[Na+]. The third-order valence-corrected chi connectivity index (χ3v) is 7.97. The normalized spacial score (nSPS) is 12.7. The number of primary sulfonamides is 2. The van der Waals surface area contributed by atoms with E-state index < -0.39 is 66.3 Å². The molecule has 0 saturated carbocycles. The molecule has 1 amide bonds. The number of sulfonamides is 2. The predicted octanol–water partition coefficient (Wildman–Crippen LogP) is -0.905. The molecule has 0 aliphatic rings. The van der Waals surface area contributed by atoms with Crippen LogP contribution >= 0.6 is 0 Å². The van der Waals surface area contributed by atoms with Crippen LogP contribution in [0.4, 0.5) is 22.7 Å². The van der Waals surface area contributed by atoms with Crippen molar-refractivity contribution in [2.24, 2.45) is 35.7 Å². The Hall–Kier alpha value is -4.97. The first-order chi connectivity index (χ1) is 24.4. The number of carbonyl (C=O) groups excluding carboxylic acids is 1. The van der Waals surface area contributed by atoms with E-state index in [1.165, 1.54) is 6.92 Å². The minimum atomic E-state index is -4.04. The minimum Gasteiger partial charge on any atom is -0.874 e. The number of amides is 1. The summed E-state index contributed by atoms with van der Waals surface area (Å²) in [7, 11) is -8.06. The molecule has 0 atom stereocenters. The summed E-state index contributed by atoms with van der Waals surface area (Å²) in [5, 5.41) is 83.8. The molecule has 0 aliphatic heterocycles. The summed E-state index contributed by atoms with van der Waals surface area (Å²) >= 11 is 0. The average Bonchev–Trinajstić information content (AvgIpc) is 3.06. The Morgan fingerprint density at radius 1 is 0.704 bits per heavy atom. The Balaban J connectivity index is 0.000000521. The summed E-state index contributed by atoms with van der Waals surface area (Å²) in [4.78, 5) is 15.2. The first-order valence-electron chi connectivity index (χ1n) is 14.3. The van der Waals surface area contributed by atoms with Crippen LogP contribution in [0.1, 0.15) is 13.8 Å². The van der Waals surface area contributed by atoms with Gasteiger partial charge >= 0.3 is 46.3 Å². The number of nitrogens with two attached hydrogens (primary N) is 2. The molecule has 0 spiro atoms. The Labute approximate surface area is 342 Å². The Morgan fingerprint density at radius 2 is 1.13 bits per heavy atom. The maximum Gasteiger partial charge on any atom is 3.00 e. The largest absolute Gasteiger partial charge is 3.00 e. The van der Waals surface area contributed by atoms with Crippen LogP contribution in [0, 0.1) is 0 Å². The van der Waals surface area contributed by atoms with Gasteiger partial charge in [0.2, 0.25) is 20.0 Å². The van der Waals surface area contributed by atoms with Gasteiger partial charge in [0.05, 0.1) is 32.6 Å². The van der Waals surface area contributed by atoms with E-state index in [4.69, 9.17) is 10.3 Å². The maximum atomic E-state index is 12.2. The first-order valence-corrected chi connectivity index (χ1v) is 17.4. The van der Waals surface area contributed by atoms with Crippen LogP contribution < -0.4 is 65.6 Å². The summed E-state index contributed by atoms with van der Waals surface area (Å²) < 4.78 is 44.8. The zero-order valence-electron chi connectivity index (χ0n) is 28.4. The number of aliphatic imine (C=N–C) groups is 1. The van der Waals surface area contributed by atoms with Crippen LogP contribution in [-0.4, -0.2) is 33.7 Å². The maximum absolute atomic E-state index is 12.2. The number of hydrogen-bond donors (Lipinski definition) is 4. The Kier molecular flexibility index (Phi) is 18.3. The third kappa shape index (κ3) is 14.5. The van der Waals surface area contributed by atoms with Crippen molar-refractivity contribution in [2.75, 3.05) is 5.32 Å². The van der Waals surface area contributed by atoms with Gasteiger partial charge in [0.25, 0.3) is 5.91 Å². The smallest absolute Gasteiger partial charge is 0.874 e. The van der Waals surface area contributed by atoms with Gasteiger partial charge in [-0.1, -0.05) is 54.8 Å². The zero-order chi connectivity index (χ0) is 38.6. The Morgan fingerprint density at radius 3 is 1.52 bits per heavy atom. The molecule has 4 aromatic rings. The van der Waals surface area contributed by atoms with E-state index >= 15 is 0 Å². The summed E-state index contributed by atoms with van der Waals surface area (Å²) in [5.41, 5.74) is -0.637. The average molecular weight is 831 g/mol. The number of allylic oxidation sites excluding steroid dienone is 2. The molecular formula is C32H28CoN8NaO10S2. The number of aliphatic hydroxyl groups is 1. The molecule has 4 aromatic carbocycles. The minimum absolute atomic E-state index is 0. The summed E-state index contributed by atoms with van der Waals surface area (Å²) in [6.07, 6.45) is 0. The number of azo groups is 2. The molecule has 0 fully saturated rings. The molecule has 0 saturated heterocycles. The standard InChI is InChI=1S/2C16H16N4O5S.Co.Na/c2*1-10(21)15(16(23)18-11-5-3-2-4-6-11)20-19-13-8-7-12(9-14(13)22)26(17,24)25;;/h2*2-9,21-22H,1H3,(H,18,23)(H2,17,24,25);;/q;;+3;+1/p-4. The van der Waals surface area contributed by atoms with E-state index in [1.807, 2.05) is 0 Å². The molecule has 0 heterocycles. The van der Waals surface area contributed by atoms with Crippen LogP contribution in [0.5, 0.6) is 11.5 Å². The molecule has 54 heavy (non-hydrogen) atoms. The van der Waals surface area contributed by atoms with Gasteiger partial charge in [0.1, 0.15) is 5.76 Å². The number of para-hydroxylation sites is 2. The van der Waals surface area contributed by atoms with Gasteiger partial charge in [0, 0.05) is 11.6 Å². The number of hydrogen-bond acceptors (Lipinski definition) is 15. The van der Waals surface area contributed by atoms with Crippen LogP contribution in [0.3, 0.4) is 0 Å². The number of carbonyl (C=O) groups is 1. The van der Waals surface area contributed by atoms with Crippen molar-refractivity contribution in [3.8, 4) is 11.5 Å². The number of anilines is 1. The molecule has 0 unspecified atom stereocenters. The van der Waals surface area contributed by atoms with Crippen LogP contribution in [-0.2, 0) is 41.6 Å². The number of benzene rings is 4. The predicted molar refractivity (Wildman–Crippen MR) is 180 cm³/mol. The van der Waals surface area contributed by atoms with Gasteiger partial charge < -0.3 is 30.8 Å². The van der Waals surface area contributed by atoms with E-state index in [0.717, 1.165) is 43.3 Å². The molecule has 0 bridgehead atoms. The van der Waals surface area contributed by atoms with Gasteiger partial charge in [-0.25, -0.2) is 27.1 Å². The van der Waals surface area contributed by atoms with Crippen molar-refractivity contribution in [3.05, 3.63) is 120 Å². The first kappa shape index (κ1) is 47.0. The monoisotopic (exact) mass is 830 g/mol. The van der Waals surface area contributed by atoms with E-state index in [1.54, 1.807) is 60.7 Å². The third-order valence-electron chi connectivity index (χ3n) is 6.15. The molecule has 22 heteroatoms.